The lowest BCUT2D eigenvalue weighted by Crippen LogP contribution is -2.03. The lowest BCUT2D eigenvalue weighted by atomic mass is 10.1. The van der Waals surface area contributed by atoms with Crippen LogP contribution in [-0.2, 0) is 30.7 Å². The van der Waals surface area contributed by atoms with E-state index in [2.05, 4.69) is 4.98 Å². The minimum Gasteiger partial charge on any atom is -0.391 e. The quantitative estimate of drug-likeness (QED) is 0.653. The normalized spacial score (nSPS) is 11.7. The number of aromatic nitrogens is 1. The van der Waals surface area contributed by atoms with Crippen LogP contribution in [0.5, 0.6) is 0 Å². The summed E-state index contributed by atoms with van der Waals surface area (Å²) in [6.07, 6.45) is -4.37. The fraction of sp³-hybridized carbons (Fsp3) is 0.211. The van der Waals surface area contributed by atoms with Crippen LogP contribution in [0.2, 0.25) is 0 Å². The molecule has 0 radical (unpaired) electrons. The van der Waals surface area contributed by atoms with Gasteiger partial charge in [-0.2, -0.15) is 13.2 Å². The Morgan fingerprint density at radius 3 is 2.27 bits per heavy atom. The minimum atomic E-state index is -4.37. The summed E-state index contributed by atoms with van der Waals surface area (Å²) in [4.78, 5) is 5.07. The molecule has 0 aliphatic rings. The van der Waals surface area contributed by atoms with Gasteiger partial charge < -0.3 is 9.84 Å². The highest BCUT2D eigenvalue weighted by Gasteiger charge is 2.30. The van der Waals surface area contributed by atoms with Gasteiger partial charge in [0.25, 0.3) is 0 Å². The Balaban J connectivity index is 1.72. The van der Waals surface area contributed by atoms with Gasteiger partial charge in [0.05, 0.1) is 36.0 Å². The van der Waals surface area contributed by atoms with Crippen molar-refractivity contribution < 1.29 is 23.0 Å². The highest BCUT2D eigenvalue weighted by atomic mass is 32.1. The largest absolute Gasteiger partial charge is 0.416 e. The summed E-state index contributed by atoms with van der Waals surface area (Å²) in [6.45, 7) is 0.448. The molecule has 0 saturated heterocycles. The molecule has 26 heavy (non-hydrogen) atoms. The van der Waals surface area contributed by atoms with Gasteiger partial charge in [-0.1, -0.05) is 42.5 Å². The molecule has 3 aromatic rings. The Bertz CT molecular complexity index is 845. The number of hydrogen-bond acceptors (Lipinski definition) is 4. The maximum atomic E-state index is 12.7. The number of rotatable bonds is 6. The van der Waals surface area contributed by atoms with Gasteiger partial charge in [-0.05, 0) is 17.7 Å². The second-order valence-corrected chi connectivity index (χ2v) is 6.68. The summed E-state index contributed by atoms with van der Waals surface area (Å²) in [5.74, 6) is 0. The predicted molar refractivity (Wildman–Crippen MR) is 93.4 cm³/mol. The summed E-state index contributed by atoms with van der Waals surface area (Å²) in [6, 6.07) is 14.5. The molecule has 1 N–H and O–H groups in total. The van der Waals surface area contributed by atoms with Gasteiger partial charge in [-0.15, -0.1) is 11.3 Å². The highest BCUT2D eigenvalue weighted by molar-refractivity contribution is 7.15. The van der Waals surface area contributed by atoms with Crippen LogP contribution in [0.15, 0.2) is 54.6 Å². The first-order chi connectivity index (χ1) is 12.5. The molecule has 0 aliphatic carbocycles. The Labute approximate surface area is 152 Å². The van der Waals surface area contributed by atoms with Crippen LogP contribution in [-0.4, -0.2) is 10.1 Å². The molecule has 0 bridgehead atoms. The Hall–Kier alpha value is -2.22. The molecule has 0 aliphatic heterocycles. The van der Waals surface area contributed by atoms with Crippen molar-refractivity contribution in [2.24, 2.45) is 0 Å². The maximum absolute atomic E-state index is 12.7. The molecule has 0 atom stereocenters. The summed E-state index contributed by atoms with van der Waals surface area (Å²) >= 11 is 1.25. The Morgan fingerprint density at radius 1 is 0.962 bits per heavy atom. The lowest BCUT2D eigenvalue weighted by Gasteiger charge is -2.06. The van der Waals surface area contributed by atoms with Gasteiger partial charge in [-0.3, -0.25) is 0 Å². The van der Waals surface area contributed by atoms with Crippen LogP contribution < -0.4 is 0 Å². The first kappa shape index (κ1) is 18.6. The molecular weight excluding hydrogens is 363 g/mol. The van der Waals surface area contributed by atoms with Gasteiger partial charge in [0.1, 0.15) is 5.01 Å². The second kappa shape index (κ2) is 7.99. The van der Waals surface area contributed by atoms with Gasteiger partial charge in [-0.25, -0.2) is 4.98 Å². The fourth-order valence-electron chi connectivity index (χ4n) is 2.38. The van der Waals surface area contributed by atoms with Crippen LogP contribution in [0, 0.1) is 0 Å². The number of aliphatic hydroxyl groups is 1. The zero-order valence-electron chi connectivity index (χ0n) is 13.7. The van der Waals surface area contributed by atoms with E-state index in [-0.39, 0.29) is 13.2 Å². The first-order valence-corrected chi connectivity index (χ1v) is 8.68. The smallest absolute Gasteiger partial charge is 0.391 e. The summed E-state index contributed by atoms with van der Waals surface area (Å²) in [5.41, 5.74) is 1.50. The SMILES string of the molecule is OCc1sc(-c2ccc(C(F)(F)F)cc2)nc1COCc1ccccc1. The van der Waals surface area contributed by atoms with Crippen LogP contribution in [0.1, 0.15) is 21.7 Å². The molecule has 1 aromatic heterocycles. The third-order valence-corrected chi connectivity index (χ3v) is 4.86. The van der Waals surface area contributed by atoms with Crippen LogP contribution >= 0.6 is 11.3 Å². The van der Waals surface area contributed by atoms with E-state index in [1.807, 2.05) is 30.3 Å². The van der Waals surface area contributed by atoms with Crippen molar-refractivity contribution in [3.8, 4) is 10.6 Å². The van der Waals surface area contributed by atoms with Crippen LogP contribution in [0.25, 0.3) is 10.6 Å². The van der Waals surface area contributed by atoms with Crippen LogP contribution in [0.4, 0.5) is 13.2 Å². The second-order valence-electron chi connectivity index (χ2n) is 5.60. The zero-order valence-corrected chi connectivity index (χ0v) is 14.5. The molecule has 0 saturated carbocycles. The Morgan fingerprint density at radius 2 is 1.65 bits per heavy atom. The van der Waals surface area contributed by atoms with E-state index in [4.69, 9.17) is 4.74 Å². The van der Waals surface area contributed by atoms with Crippen molar-refractivity contribution in [3.05, 3.63) is 76.3 Å². The average molecular weight is 379 g/mol. The Kier molecular flexibility index (Phi) is 5.70. The number of aliphatic hydroxyl groups excluding tert-OH is 1. The van der Waals surface area contributed by atoms with Gasteiger partial charge in [0, 0.05) is 5.56 Å². The molecular formula is C19H16F3NO2S. The standard InChI is InChI=1S/C19H16F3NO2S/c20-19(21,22)15-8-6-14(7-9-15)18-23-16(17(10-24)26-18)12-25-11-13-4-2-1-3-5-13/h1-9,24H,10-12H2. The van der Waals surface area contributed by atoms with Crippen molar-refractivity contribution in [2.75, 3.05) is 0 Å². The molecule has 136 valence electrons. The molecule has 2 aromatic carbocycles. The predicted octanol–water partition coefficient (Wildman–Crippen LogP) is 5.04. The van der Waals surface area contributed by atoms with E-state index < -0.39 is 11.7 Å². The number of halogens is 3. The third-order valence-electron chi connectivity index (χ3n) is 3.73. The highest BCUT2D eigenvalue weighted by Crippen LogP contribution is 2.33. The summed E-state index contributed by atoms with van der Waals surface area (Å²) < 4.78 is 43.6. The molecule has 0 amide bonds. The van der Waals surface area contributed by atoms with E-state index in [9.17, 15) is 18.3 Å². The molecule has 1 heterocycles. The molecule has 3 rings (SSSR count). The monoisotopic (exact) mass is 379 g/mol. The number of ether oxygens (including phenoxy) is 1. The average Bonchev–Trinajstić information content (AvgIpc) is 3.05. The number of benzene rings is 2. The van der Waals surface area contributed by atoms with Crippen molar-refractivity contribution in [1.29, 1.82) is 0 Å². The lowest BCUT2D eigenvalue weighted by molar-refractivity contribution is -0.137. The summed E-state index contributed by atoms with van der Waals surface area (Å²) in [7, 11) is 0. The van der Waals surface area contributed by atoms with Crippen molar-refractivity contribution in [2.45, 2.75) is 26.0 Å². The molecule has 0 unspecified atom stereocenters. The van der Waals surface area contributed by atoms with E-state index in [1.165, 1.54) is 23.5 Å². The van der Waals surface area contributed by atoms with Crippen molar-refractivity contribution >= 4 is 11.3 Å². The first-order valence-electron chi connectivity index (χ1n) is 7.86. The number of nitrogens with zero attached hydrogens (tertiary/aromatic N) is 1. The van der Waals surface area contributed by atoms with Crippen LogP contribution in [0.3, 0.4) is 0 Å². The number of thiazole rings is 1. The van der Waals surface area contributed by atoms with Gasteiger partial charge >= 0.3 is 6.18 Å². The molecule has 0 spiro atoms. The topological polar surface area (TPSA) is 42.4 Å². The number of alkyl halides is 3. The molecule has 3 nitrogen and oxygen atoms in total. The zero-order chi connectivity index (χ0) is 18.6. The minimum absolute atomic E-state index is 0.192. The van der Waals surface area contributed by atoms with Crippen molar-refractivity contribution in [3.63, 3.8) is 0 Å². The fourth-order valence-corrected chi connectivity index (χ4v) is 3.31. The summed E-state index contributed by atoms with van der Waals surface area (Å²) in [5, 5.41) is 10.1. The molecule has 0 fully saturated rings. The van der Waals surface area contributed by atoms with E-state index in [0.29, 0.717) is 27.7 Å². The van der Waals surface area contributed by atoms with Gasteiger partial charge in [0.15, 0.2) is 0 Å². The van der Waals surface area contributed by atoms with Crippen molar-refractivity contribution in [1.82, 2.24) is 4.98 Å². The van der Waals surface area contributed by atoms with E-state index in [0.717, 1.165) is 17.7 Å². The third kappa shape index (κ3) is 4.49. The molecule has 7 heteroatoms. The number of hydrogen-bond donors (Lipinski definition) is 1. The van der Waals surface area contributed by atoms with E-state index >= 15 is 0 Å². The van der Waals surface area contributed by atoms with Gasteiger partial charge in [0.2, 0.25) is 0 Å². The van der Waals surface area contributed by atoms with E-state index in [1.54, 1.807) is 0 Å². The maximum Gasteiger partial charge on any atom is 0.416 e.